The number of nitrogens with zero attached hydrogens (tertiary/aromatic N) is 4. The molecule has 1 fully saturated rings. The highest BCUT2D eigenvalue weighted by atomic mass is 19.1. The number of halogens is 1. The van der Waals surface area contributed by atoms with Crippen LogP contribution in [0.15, 0.2) is 53.8 Å². The highest BCUT2D eigenvalue weighted by Crippen LogP contribution is 2.20. The van der Waals surface area contributed by atoms with Gasteiger partial charge in [0.2, 0.25) is 0 Å². The molecule has 0 spiro atoms. The van der Waals surface area contributed by atoms with Crippen LogP contribution in [0, 0.1) is 11.7 Å². The highest BCUT2D eigenvalue weighted by molar-refractivity contribution is 5.77. The van der Waals surface area contributed by atoms with Gasteiger partial charge in [-0.1, -0.05) is 6.07 Å². The van der Waals surface area contributed by atoms with Gasteiger partial charge in [0.05, 0.1) is 17.2 Å². The van der Waals surface area contributed by atoms with E-state index in [0.29, 0.717) is 23.4 Å². The molecule has 0 bridgehead atoms. The minimum atomic E-state index is -0.372. The van der Waals surface area contributed by atoms with Gasteiger partial charge in [-0.3, -0.25) is 19.2 Å². The second-order valence-corrected chi connectivity index (χ2v) is 6.94. The minimum absolute atomic E-state index is 0.0900. The molecular formula is C20H21FN4O. The zero-order valence-corrected chi connectivity index (χ0v) is 14.5. The molecule has 0 amide bonds. The minimum Gasteiger partial charge on any atom is -0.299 e. The van der Waals surface area contributed by atoms with Crippen LogP contribution < -0.4 is 5.56 Å². The van der Waals surface area contributed by atoms with E-state index in [-0.39, 0.29) is 11.4 Å². The van der Waals surface area contributed by atoms with E-state index in [4.69, 9.17) is 0 Å². The molecule has 3 aromatic rings. The number of pyridine rings is 1. The summed E-state index contributed by atoms with van der Waals surface area (Å²) in [7, 11) is 0. The third-order valence-corrected chi connectivity index (χ3v) is 5.08. The Morgan fingerprint density at radius 2 is 2.04 bits per heavy atom. The number of piperidine rings is 1. The SMILES string of the molecule is O=c1c2ccc(F)cc2ncn1CC1CCN(Cc2cccnc2)CC1. The molecule has 0 N–H and O–H groups in total. The molecule has 1 aliphatic heterocycles. The van der Waals surface area contributed by atoms with Crippen LogP contribution >= 0.6 is 0 Å². The summed E-state index contributed by atoms with van der Waals surface area (Å²) in [6.07, 6.45) is 7.35. The van der Waals surface area contributed by atoms with Gasteiger partial charge < -0.3 is 0 Å². The summed E-state index contributed by atoms with van der Waals surface area (Å²) in [5.41, 5.74) is 1.55. The van der Waals surface area contributed by atoms with Crippen LogP contribution in [0.5, 0.6) is 0 Å². The van der Waals surface area contributed by atoms with Crippen LogP contribution in [0.2, 0.25) is 0 Å². The summed E-state index contributed by atoms with van der Waals surface area (Å²) in [6, 6.07) is 8.20. The summed E-state index contributed by atoms with van der Waals surface area (Å²) in [4.78, 5) is 23.4. The number of aromatic nitrogens is 3. The van der Waals surface area contributed by atoms with Crippen molar-refractivity contribution in [1.29, 1.82) is 0 Å². The fourth-order valence-electron chi connectivity index (χ4n) is 3.62. The maximum atomic E-state index is 13.3. The van der Waals surface area contributed by atoms with E-state index in [2.05, 4.69) is 20.9 Å². The Balaban J connectivity index is 1.40. The van der Waals surface area contributed by atoms with Crippen molar-refractivity contribution >= 4 is 10.9 Å². The second-order valence-electron chi connectivity index (χ2n) is 6.94. The molecule has 5 nitrogen and oxygen atoms in total. The molecule has 3 heterocycles. The first-order valence-corrected chi connectivity index (χ1v) is 8.95. The van der Waals surface area contributed by atoms with E-state index in [1.54, 1.807) is 17.1 Å². The molecule has 0 aliphatic carbocycles. The van der Waals surface area contributed by atoms with Crippen LogP contribution in [0.25, 0.3) is 10.9 Å². The Morgan fingerprint density at radius 1 is 1.19 bits per heavy atom. The zero-order valence-electron chi connectivity index (χ0n) is 14.5. The summed E-state index contributed by atoms with van der Waals surface area (Å²) in [5, 5.41) is 0.475. The third kappa shape index (κ3) is 3.65. The number of rotatable bonds is 4. The van der Waals surface area contributed by atoms with E-state index in [1.807, 2.05) is 12.3 Å². The quantitative estimate of drug-likeness (QED) is 0.725. The number of hydrogen-bond donors (Lipinski definition) is 0. The van der Waals surface area contributed by atoms with Crippen LogP contribution in [-0.4, -0.2) is 32.5 Å². The molecule has 1 saturated heterocycles. The summed E-state index contributed by atoms with van der Waals surface area (Å²) in [6.45, 7) is 3.62. The van der Waals surface area contributed by atoms with Gasteiger partial charge >= 0.3 is 0 Å². The van der Waals surface area contributed by atoms with Crippen molar-refractivity contribution in [2.24, 2.45) is 5.92 Å². The van der Waals surface area contributed by atoms with Gasteiger partial charge in [0, 0.05) is 31.5 Å². The van der Waals surface area contributed by atoms with Crippen molar-refractivity contribution < 1.29 is 4.39 Å². The number of hydrogen-bond acceptors (Lipinski definition) is 4. The monoisotopic (exact) mass is 352 g/mol. The molecule has 2 aromatic heterocycles. The van der Waals surface area contributed by atoms with Crippen molar-refractivity contribution in [3.8, 4) is 0 Å². The molecule has 4 rings (SSSR count). The Hall–Kier alpha value is -2.60. The lowest BCUT2D eigenvalue weighted by Gasteiger charge is -2.32. The molecule has 6 heteroatoms. The third-order valence-electron chi connectivity index (χ3n) is 5.08. The highest BCUT2D eigenvalue weighted by Gasteiger charge is 2.20. The van der Waals surface area contributed by atoms with Gasteiger partial charge in [-0.15, -0.1) is 0 Å². The lowest BCUT2D eigenvalue weighted by atomic mass is 9.96. The topological polar surface area (TPSA) is 51.0 Å². The van der Waals surface area contributed by atoms with Crippen LogP contribution in [0.4, 0.5) is 4.39 Å². The van der Waals surface area contributed by atoms with Crippen molar-refractivity contribution in [3.05, 3.63) is 70.8 Å². The molecule has 26 heavy (non-hydrogen) atoms. The van der Waals surface area contributed by atoms with Crippen LogP contribution in [0.3, 0.4) is 0 Å². The van der Waals surface area contributed by atoms with E-state index < -0.39 is 0 Å². The summed E-state index contributed by atoms with van der Waals surface area (Å²) >= 11 is 0. The van der Waals surface area contributed by atoms with Crippen molar-refractivity contribution in [2.45, 2.75) is 25.9 Å². The fraction of sp³-hybridized carbons (Fsp3) is 0.350. The van der Waals surface area contributed by atoms with E-state index >= 15 is 0 Å². The first-order chi connectivity index (χ1) is 12.7. The molecule has 0 atom stereocenters. The van der Waals surface area contributed by atoms with Crippen molar-refractivity contribution in [1.82, 2.24) is 19.4 Å². The fourth-order valence-corrected chi connectivity index (χ4v) is 3.62. The second kappa shape index (κ2) is 7.33. The lowest BCUT2D eigenvalue weighted by Crippen LogP contribution is -2.36. The Kier molecular flexibility index (Phi) is 4.75. The maximum absolute atomic E-state index is 13.3. The van der Waals surface area contributed by atoms with Gasteiger partial charge in [-0.25, -0.2) is 9.37 Å². The predicted octanol–water partition coefficient (Wildman–Crippen LogP) is 2.84. The number of benzene rings is 1. The van der Waals surface area contributed by atoms with Gasteiger partial charge in [0.1, 0.15) is 5.82 Å². The maximum Gasteiger partial charge on any atom is 0.261 e. The Bertz CT molecular complexity index is 949. The standard InChI is InChI=1S/C20H21FN4O/c21-17-3-4-18-19(10-17)23-14-25(20(18)26)13-15-5-8-24(9-6-15)12-16-2-1-7-22-11-16/h1-4,7,10-11,14-15H,5-6,8-9,12-13H2. The molecular weight excluding hydrogens is 331 g/mol. The van der Waals surface area contributed by atoms with Crippen molar-refractivity contribution in [2.75, 3.05) is 13.1 Å². The van der Waals surface area contributed by atoms with Crippen LogP contribution in [-0.2, 0) is 13.1 Å². The largest absolute Gasteiger partial charge is 0.299 e. The van der Waals surface area contributed by atoms with E-state index in [9.17, 15) is 9.18 Å². The predicted molar refractivity (Wildman–Crippen MR) is 98.2 cm³/mol. The van der Waals surface area contributed by atoms with Gasteiger partial charge in [0.15, 0.2) is 0 Å². The normalized spacial score (nSPS) is 16.2. The van der Waals surface area contributed by atoms with E-state index in [0.717, 1.165) is 32.5 Å². The van der Waals surface area contributed by atoms with Gasteiger partial charge in [-0.2, -0.15) is 0 Å². The Labute approximate surface area is 151 Å². The number of likely N-dealkylation sites (tertiary alicyclic amines) is 1. The first-order valence-electron chi connectivity index (χ1n) is 8.95. The molecule has 0 saturated carbocycles. The summed E-state index contributed by atoms with van der Waals surface area (Å²) < 4.78 is 14.9. The zero-order chi connectivity index (χ0) is 17.9. The van der Waals surface area contributed by atoms with Gasteiger partial charge in [0.25, 0.3) is 5.56 Å². The smallest absolute Gasteiger partial charge is 0.261 e. The molecule has 134 valence electrons. The Morgan fingerprint density at radius 3 is 2.81 bits per heavy atom. The van der Waals surface area contributed by atoms with Crippen LogP contribution in [0.1, 0.15) is 18.4 Å². The lowest BCUT2D eigenvalue weighted by molar-refractivity contribution is 0.166. The summed E-state index contributed by atoms with van der Waals surface area (Å²) in [5.74, 6) is 0.0840. The molecule has 1 aliphatic rings. The average Bonchev–Trinajstić information content (AvgIpc) is 2.66. The molecule has 0 radical (unpaired) electrons. The van der Waals surface area contributed by atoms with Crippen molar-refractivity contribution in [3.63, 3.8) is 0 Å². The van der Waals surface area contributed by atoms with Gasteiger partial charge in [-0.05, 0) is 55.6 Å². The molecule has 1 aromatic carbocycles. The number of fused-ring (bicyclic) bond motifs is 1. The molecule has 0 unspecified atom stereocenters. The van der Waals surface area contributed by atoms with E-state index in [1.165, 1.54) is 23.8 Å². The first kappa shape index (κ1) is 16.8. The average molecular weight is 352 g/mol.